The average molecular weight is 270 g/mol. The Labute approximate surface area is 121 Å². The molecule has 2 aromatic rings. The Bertz CT molecular complexity index is 538. The Morgan fingerprint density at radius 1 is 1.20 bits per heavy atom. The van der Waals surface area contributed by atoms with Gasteiger partial charge >= 0.3 is 0 Å². The summed E-state index contributed by atoms with van der Waals surface area (Å²) in [5, 5.41) is 3.43. The summed E-state index contributed by atoms with van der Waals surface area (Å²) in [6.45, 7) is 7.70. The maximum absolute atomic E-state index is 5.91. The van der Waals surface area contributed by atoms with Crippen molar-refractivity contribution < 1.29 is 4.74 Å². The van der Waals surface area contributed by atoms with Crippen LogP contribution in [0.5, 0.6) is 5.75 Å². The number of nitrogens with zero attached hydrogens (tertiary/aromatic N) is 1. The average Bonchev–Trinajstić information content (AvgIpc) is 2.45. The molecule has 20 heavy (non-hydrogen) atoms. The monoisotopic (exact) mass is 270 g/mol. The highest BCUT2D eigenvalue weighted by Crippen LogP contribution is 2.21. The zero-order chi connectivity index (χ0) is 14.4. The van der Waals surface area contributed by atoms with Crippen LogP contribution < -0.4 is 10.1 Å². The number of aromatic nitrogens is 1. The van der Waals surface area contributed by atoms with Gasteiger partial charge in [-0.1, -0.05) is 37.6 Å². The standard InChI is InChI=1S/C17H22N2O/c1-13(2)19-11-15-10-14(3)7-8-17(15)20-12-16-6-4-5-9-18-16/h4-10,13,19H,11-12H2,1-3H3. The predicted molar refractivity (Wildman–Crippen MR) is 81.7 cm³/mol. The van der Waals surface area contributed by atoms with Crippen LogP contribution in [0.2, 0.25) is 0 Å². The molecule has 0 aliphatic rings. The lowest BCUT2D eigenvalue weighted by Crippen LogP contribution is -2.22. The lowest BCUT2D eigenvalue weighted by molar-refractivity contribution is 0.297. The molecule has 0 amide bonds. The van der Waals surface area contributed by atoms with Gasteiger partial charge in [0.15, 0.2) is 0 Å². The predicted octanol–water partition coefficient (Wildman–Crippen LogP) is 3.47. The van der Waals surface area contributed by atoms with Crippen LogP contribution in [-0.4, -0.2) is 11.0 Å². The lowest BCUT2D eigenvalue weighted by atomic mass is 10.1. The minimum atomic E-state index is 0.458. The van der Waals surface area contributed by atoms with Crippen molar-refractivity contribution in [1.82, 2.24) is 10.3 Å². The highest BCUT2D eigenvalue weighted by molar-refractivity contribution is 5.37. The first-order chi connectivity index (χ1) is 9.65. The normalized spacial score (nSPS) is 10.8. The minimum Gasteiger partial charge on any atom is -0.487 e. The number of benzene rings is 1. The Morgan fingerprint density at radius 2 is 2.05 bits per heavy atom. The molecule has 0 spiro atoms. The molecule has 106 valence electrons. The molecule has 0 saturated heterocycles. The summed E-state index contributed by atoms with van der Waals surface area (Å²) in [6.07, 6.45) is 1.79. The summed E-state index contributed by atoms with van der Waals surface area (Å²) in [5.41, 5.74) is 3.38. The fourth-order valence-corrected chi connectivity index (χ4v) is 1.94. The van der Waals surface area contributed by atoms with Crippen molar-refractivity contribution in [2.45, 2.75) is 40.0 Å². The summed E-state index contributed by atoms with van der Waals surface area (Å²) in [5.74, 6) is 0.925. The SMILES string of the molecule is Cc1ccc(OCc2ccccn2)c(CNC(C)C)c1. The van der Waals surface area contributed by atoms with Crippen LogP contribution in [0.3, 0.4) is 0 Å². The second-order valence-electron chi connectivity index (χ2n) is 5.26. The third-order valence-electron chi connectivity index (χ3n) is 3.02. The maximum atomic E-state index is 5.91. The van der Waals surface area contributed by atoms with E-state index in [1.807, 2.05) is 24.3 Å². The Balaban J connectivity index is 2.06. The fourth-order valence-electron chi connectivity index (χ4n) is 1.94. The maximum Gasteiger partial charge on any atom is 0.130 e. The van der Waals surface area contributed by atoms with Crippen LogP contribution >= 0.6 is 0 Å². The number of rotatable bonds is 6. The summed E-state index contributed by atoms with van der Waals surface area (Å²) in [6, 6.07) is 12.6. The quantitative estimate of drug-likeness (QED) is 0.872. The van der Waals surface area contributed by atoms with Gasteiger partial charge in [-0.15, -0.1) is 0 Å². The van der Waals surface area contributed by atoms with Crippen LogP contribution in [0.1, 0.15) is 30.7 Å². The van der Waals surface area contributed by atoms with E-state index in [0.29, 0.717) is 12.6 Å². The second kappa shape index (κ2) is 7.06. The molecule has 0 fully saturated rings. The summed E-state index contributed by atoms with van der Waals surface area (Å²) in [4.78, 5) is 4.27. The molecule has 0 radical (unpaired) electrons. The molecule has 3 heteroatoms. The van der Waals surface area contributed by atoms with E-state index in [0.717, 1.165) is 18.0 Å². The van der Waals surface area contributed by atoms with E-state index in [-0.39, 0.29) is 0 Å². The lowest BCUT2D eigenvalue weighted by Gasteiger charge is -2.14. The zero-order valence-electron chi connectivity index (χ0n) is 12.4. The molecule has 0 saturated carbocycles. The fraction of sp³-hybridized carbons (Fsp3) is 0.353. The number of nitrogens with one attached hydrogen (secondary N) is 1. The number of hydrogen-bond donors (Lipinski definition) is 1. The van der Waals surface area contributed by atoms with Crippen molar-refractivity contribution >= 4 is 0 Å². The molecule has 2 rings (SSSR count). The van der Waals surface area contributed by atoms with E-state index >= 15 is 0 Å². The molecule has 1 aromatic heterocycles. The Kier molecular flexibility index (Phi) is 5.13. The van der Waals surface area contributed by atoms with Gasteiger partial charge in [0, 0.05) is 24.3 Å². The van der Waals surface area contributed by atoms with Gasteiger partial charge in [-0.25, -0.2) is 0 Å². The van der Waals surface area contributed by atoms with E-state index in [1.54, 1.807) is 6.20 Å². The highest BCUT2D eigenvalue weighted by atomic mass is 16.5. The van der Waals surface area contributed by atoms with Crippen LogP contribution in [0, 0.1) is 6.92 Å². The highest BCUT2D eigenvalue weighted by Gasteiger charge is 2.06. The Morgan fingerprint density at radius 3 is 2.75 bits per heavy atom. The topological polar surface area (TPSA) is 34.1 Å². The summed E-state index contributed by atoms with van der Waals surface area (Å²) in [7, 11) is 0. The van der Waals surface area contributed by atoms with Crippen molar-refractivity contribution in [3.8, 4) is 5.75 Å². The van der Waals surface area contributed by atoms with E-state index in [2.05, 4.69) is 43.2 Å². The number of aryl methyl sites for hydroxylation is 1. The minimum absolute atomic E-state index is 0.458. The molecule has 0 unspecified atom stereocenters. The van der Waals surface area contributed by atoms with E-state index in [1.165, 1.54) is 11.1 Å². The van der Waals surface area contributed by atoms with Gasteiger partial charge < -0.3 is 10.1 Å². The van der Waals surface area contributed by atoms with E-state index in [4.69, 9.17) is 4.74 Å². The number of ether oxygens (including phenoxy) is 1. The van der Waals surface area contributed by atoms with Gasteiger partial charge in [0.2, 0.25) is 0 Å². The molecule has 1 N–H and O–H groups in total. The third-order valence-corrected chi connectivity index (χ3v) is 3.02. The van der Waals surface area contributed by atoms with Crippen molar-refractivity contribution in [3.63, 3.8) is 0 Å². The van der Waals surface area contributed by atoms with Crippen molar-refractivity contribution in [1.29, 1.82) is 0 Å². The second-order valence-corrected chi connectivity index (χ2v) is 5.26. The van der Waals surface area contributed by atoms with Crippen LogP contribution in [-0.2, 0) is 13.2 Å². The van der Waals surface area contributed by atoms with E-state index in [9.17, 15) is 0 Å². The Hall–Kier alpha value is -1.87. The first-order valence-corrected chi connectivity index (χ1v) is 7.01. The molecule has 0 bridgehead atoms. The van der Waals surface area contributed by atoms with Crippen LogP contribution in [0.4, 0.5) is 0 Å². The number of hydrogen-bond acceptors (Lipinski definition) is 3. The largest absolute Gasteiger partial charge is 0.487 e. The van der Waals surface area contributed by atoms with Crippen molar-refractivity contribution in [3.05, 3.63) is 59.4 Å². The molecule has 1 aromatic carbocycles. The molecule has 1 heterocycles. The van der Waals surface area contributed by atoms with Gasteiger partial charge in [0.05, 0.1) is 5.69 Å². The van der Waals surface area contributed by atoms with Gasteiger partial charge in [0.25, 0.3) is 0 Å². The first kappa shape index (κ1) is 14.5. The third kappa shape index (κ3) is 4.35. The van der Waals surface area contributed by atoms with Crippen molar-refractivity contribution in [2.75, 3.05) is 0 Å². The zero-order valence-corrected chi connectivity index (χ0v) is 12.4. The van der Waals surface area contributed by atoms with E-state index < -0.39 is 0 Å². The van der Waals surface area contributed by atoms with Crippen LogP contribution in [0.25, 0.3) is 0 Å². The molecule has 3 nitrogen and oxygen atoms in total. The van der Waals surface area contributed by atoms with Gasteiger partial charge in [0.1, 0.15) is 12.4 Å². The van der Waals surface area contributed by atoms with Crippen molar-refractivity contribution in [2.24, 2.45) is 0 Å². The first-order valence-electron chi connectivity index (χ1n) is 7.01. The van der Waals surface area contributed by atoms with Gasteiger partial charge in [-0.2, -0.15) is 0 Å². The molecular formula is C17H22N2O. The summed E-state index contributed by atoms with van der Waals surface area (Å²) >= 11 is 0. The summed E-state index contributed by atoms with van der Waals surface area (Å²) < 4.78 is 5.91. The molecule has 0 aliphatic heterocycles. The van der Waals surface area contributed by atoms with Gasteiger partial charge in [-0.3, -0.25) is 4.98 Å². The molecular weight excluding hydrogens is 248 g/mol. The van der Waals surface area contributed by atoms with Crippen LogP contribution in [0.15, 0.2) is 42.6 Å². The van der Waals surface area contributed by atoms with Gasteiger partial charge in [-0.05, 0) is 25.1 Å². The smallest absolute Gasteiger partial charge is 0.130 e. The number of pyridine rings is 1. The molecule has 0 aliphatic carbocycles. The molecule has 0 atom stereocenters.